The number of amides is 1. The van der Waals surface area contributed by atoms with Crippen LogP contribution < -0.4 is 10.5 Å². The van der Waals surface area contributed by atoms with Gasteiger partial charge in [-0.05, 0) is 42.7 Å². The number of hydrogen-bond donors (Lipinski definition) is 1. The number of carbonyl (C=O) groups is 1. The number of ether oxygens (including phenoxy) is 1. The molecule has 2 rings (SSSR count). The van der Waals surface area contributed by atoms with Crippen LogP contribution in [0.25, 0.3) is 0 Å². The van der Waals surface area contributed by atoms with Gasteiger partial charge in [-0.3, -0.25) is 4.79 Å². The van der Waals surface area contributed by atoms with E-state index in [1.807, 2.05) is 62.5 Å². The van der Waals surface area contributed by atoms with Gasteiger partial charge in [-0.15, -0.1) is 12.4 Å². The molecule has 130 valence electrons. The lowest BCUT2D eigenvalue weighted by molar-refractivity contribution is -0.130. The minimum atomic E-state index is 0. The summed E-state index contributed by atoms with van der Waals surface area (Å²) >= 11 is 0. The van der Waals surface area contributed by atoms with Crippen LogP contribution in [-0.2, 0) is 17.6 Å². The van der Waals surface area contributed by atoms with Crippen LogP contribution in [0.3, 0.4) is 0 Å². The second-order valence-electron chi connectivity index (χ2n) is 5.79. The van der Waals surface area contributed by atoms with E-state index in [9.17, 15) is 4.79 Å². The first-order valence-electron chi connectivity index (χ1n) is 7.73. The number of rotatable bonds is 6. The lowest BCUT2D eigenvalue weighted by Gasteiger charge is -2.26. The maximum Gasteiger partial charge on any atom is 0.226 e. The minimum absolute atomic E-state index is 0. The van der Waals surface area contributed by atoms with Gasteiger partial charge in [0.15, 0.2) is 0 Å². The number of methoxy groups -OCH3 is 1. The van der Waals surface area contributed by atoms with Crippen molar-refractivity contribution < 1.29 is 9.53 Å². The molecule has 1 amide bonds. The summed E-state index contributed by atoms with van der Waals surface area (Å²) in [5.41, 5.74) is 8.46. The molecule has 1 unspecified atom stereocenters. The molecular weight excluding hydrogens is 324 g/mol. The molecule has 0 aliphatic rings. The van der Waals surface area contributed by atoms with Gasteiger partial charge < -0.3 is 15.4 Å². The SMILES string of the molecule is COc1ccccc1CC(C)N(C)C(=O)Cc1ccc(N)cc1.Cl. The molecule has 2 N–H and O–H groups in total. The zero-order chi connectivity index (χ0) is 16.8. The number of nitrogen functional groups attached to an aromatic ring is 1. The third-order valence-electron chi connectivity index (χ3n) is 4.10. The topological polar surface area (TPSA) is 55.6 Å². The number of anilines is 1. The number of nitrogens with zero attached hydrogens (tertiary/aromatic N) is 1. The molecule has 24 heavy (non-hydrogen) atoms. The Morgan fingerprint density at radius 3 is 2.42 bits per heavy atom. The normalized spacial score (nSPS) is 11.3. The Balaban J connectivity index is 0.00000288. The van der Waals surface area contributed by atoms with Crippen LogP contribution >= 0.6 is 12.4 Å². The molecule has 0 aliphatic heterocycles. The Bertz CT molecular complexity index is 659. The number of nitrogens with two attached hydrogens (primary N) is 1. The number of benzene rings is 2. The summed E-state index contributed by atoms with van der Waals surface area (Å²) in [7, 11) is 3.51. The number of likely N-dealkylation sites (N-methyl/N-ethyl adjacent to an activating group) is 1. The molecule has 2 aromatic carbocycles. The fourth-order valence-corrected chi connectivity index (χ4v) is 2.51. The third-order valence-corrected chi connectivity index (χ3v) is 4.10. The summed E-state index contributed by atoms with van der Waals surface area (Å²) in [5, 5.41) is 0. The molecule has 0 spiro atoms. The molecule has 0 fully saturated rings. The maximum absolute atomic E-state index is 12.4. The van der Waals surface area contributed by atoms with Gasteiger partial charge in [-0.2, -0.15) is 0 Å². The summed E-state index contributed by atoms with van der Waals surface area (Å²) in [5.74, 6) is 0.955. The average molecular weight is 349 g/mol. The number of para-hydroxylation sites is 1. The van der Waals surface area contributed by atoms with Crippen molar-refractivity contribution in [2.75, 3.05) is 19.9 Å². The lowest BCUT2D eigenvalue weighted by atomic mass is 10.0. The van der Waals surface area contributed by atoms with Gasteiger partial charge in [0.05, 0.1) is 13.5 Å². The van der Waals surface area contributed by atoms with E-state index in [0.29, 0.717) is 12.1 Å². The molecule has 2 aromatic rings. The molecule has 1 atom stereocenters. The standard InChI is InChI=1S/C19H24N2O2.ClH/c1-14(12-16-6-4-5-7-18(16)23-3)21(2)19(22)13-15-8-10-17(20)11-9-15;/h4-11,14H,12-13,20H2,1-3H3;1H. The van der Waals surface area contributed by atoms with Gasteiger partial charge >= 0.3 is 0 Å². The molecule has 0 aliphatic carbocycles. The summed E-state index contributed by atoms with van der Waals surface area (Å²) in [6.45, 7) is 2.05. The van der Waals surface area contributed by atoms with Crippen molar-refractivity contribution in [1.29, 1.82) is 0 Å². The lowest BCUT2D eigenvalue weighted by Crippen LogP contribution is -2.37. The molecule has 0 aromatic heterocycles. The highest BCUT2D eigenvalue weighted by molar-refractivity contribution is 5.85. The van der Waals surface area contributed by atoms with Gasteiger partial charge in [0, 0.05) is 18.8 Å². The van der Waals surface area contributed by atoms with E-state index in [2.05, 4.69) is 0 Å². The molecule has 0 radical (unpaired) electrons. The van der Waals surface area contributed by atoms with Crippen molar-refractivity contribution >= 4 is 24.0 Å². The quantitative estimate of drug-likeness (QED) is 0.815. The highest BCUT2D eigenvalue weighted by Gasteiger charge is 2.17. The zero-order valence-corrected chi connectivity index (χ0v) is 15.2. The highest BCUT2D eigenvalue weighted by atomic mass is 35.5. The summed E-state index contributed by atoms with van der Waals surface area (Å²) < 4.78 is 5.38. The van der Waals surface area contributed by atoms with E-state index in [4.69, 9.17) is 10.5 Å². The monoisotopic (exact) mass is 348 g/mol. The van der Waals surface area contributed by atoms with Crippen LogP contribution in [0.15, 0.2) is 48.5 Å². The largest absolute Gasteiger partial charge is 0.496 e. The Labute approximate surface area is 150 Å². The van der Waals surface area contributed by atoms with Crippen molar-refractivity contribution in [3.8, 4) is 5.75 Å². The Morgan fingerprint density at radius 2 is 1.79 bits per heavy atom. The number of hydrogen-bond acceptors (Lipinski definition) is 3. The van der Waals surface area contributed by atoms with E-state index < -0.39 is 0 Å². The molecule has 0 saturated carbocycles. The van der Waals surface area contributed by atoms with Crippen molar-refractivity contribution in [3.05, 3.63) is 59.7 Å². The van der Waals surface area contributed by atoms with Crippen molar-refractivity contribution in [3.63, 3.8) is 0 Å². The molecule has 4 nitrogen and oxygen atoms in total. The third kappa shape index (κ3) is 5.17. The number of halogens is 1. The van der Waals surface area contributed by atoms with E-state index in [0.717, 1.165) is 23.3 Å². The first kappa shape index (κ1) is 19.8. The van der Waals surface area contributed by atoms with Crippen LogP contribution in [0.1, 0.15) is 18.1 Å². The Hall–Kier alpha value is -2.20. The second-order valence-corrected chi connectivity index (χ2v) is 5.79. The zero-order valence-electron chi connectivity index (χ0n) is 14.4. The van der Waals surface area contributed by atoms with E-state index in [1.165, 1.54) is 0 Å². The fraction of sp³-hybridized carbons (Fsp3) is 0.316. The fourth-order valence-electron chi connectivity index (χ4n) is 2.51. The first-order valence-corrected chi connectivity index (χ1v) is 7.73. The van der Waals surface area contributed by atoms with Gasteiger partial charge in [0.1, 0.15) is 5.75 Å². The molecule has 5 heteroatoms. The van der Waals surface area contributed by atoms with E-state index in [-0.39, 0.29) is 24.4 Å². The van der Waals surface area contributed by atoms with Crippen molar-refractivity contribution in [1.82, 2.24) is 4.90 Å². The maximum atomic E-state index is 12.4. The predicted molar refractivity (Wildman–Crippen MR) is 101 cm³/mol. The van der Waals surface area contributed by atoms with Gasteiger partial charge in [0.25, 0.3) is 0 Å². The van der Waals surface area contributed by atoms with Crippen molar-refractivity contribution in [2.24, 2.45) is 0 Å². The average Bonchev–Trinajstić information content (AvgIpc) is 2.56. The minimum Gasteiger partial charge on any atom is -0.496 e. The summed E-state index contributed by atoms with van der Waals surface area (Å²) in [6.07, 6.45) is 1.14. The first-order chi connectivity index (χ1) is 11.0. The van der Waals surface area contributed by atoms with Crippen LogP contribution in [0.5, 0.6) is 5.75 Å². The molecule has 0 saturated heterocycles. The summed E-state index contributed by atoms with van der Waals surface area (Å²) in [6, 6.07) is 15.4. The Morgan fingerprint density at radius 1 is 1.17 bits per heavy atom. The Kier molecular flexibility index (Phi) is 7.59. The van der Waals surface area contributed by atoms with Gasteiger partial charge in [0.2, 0.25) is 5.91 Å². The van der Waals surface area contributed by atoms with Crippen molar-refractivity contribution in [2.45, 2.75) is 25.8 Å². The predicted octanol–water partition coefficient (Wildman–Crippen LogP) is 3.33. The summed E-state index contributed by atoms with van der Waals surface area (Å²) in [4.78, 5) is 14.2. The highest BCUT2D eigenvalue weighted by Crippen LogP contribution is 2.20. The smallest absolute Gasteiger partial charge is 0.226 e. The van der Waals surface area contributed by atoms with E-state index >= 15 is 0 Å². The molecular formula is C19H25ClN2O2. The number of carbonyl (C=O) groups excluding carboxylic acids is 1. The van der Waals surface area contributed by atoms with Gasteiger partial charge in [-0.25, -0.2) is 0 Å². The van der Waals surface area contributed by atoms with Crippen LogP contribution in [-0.4, -0.2) is 31.0 Å². The van der Waals surface area contributed by atoms with E-state index in [1.54, 1.807) is 12.0 Å². The second kappa shape index (κ2) is 9.18. The molecule has 0 heterocycles. The molecule has 0 bridgehead atoms. The van der Waals surface area contributed by atoms with Crippen LogP contribution in [0, 0.1) is 0 Å². The van der Waals surface area contributed by atoms with Crippen LogP contribution in [0.4, 0.5) is 5.69 Å². The van der Waals surface area contributed by atoms with Gasteiger partial charge in [-0.1, -0.05) is 30.3 Å². The van der Waals surface area contributed by atoms with Crippen LogP contribution in [0.2, 0.25) is 0 Å².